The molecular weight excluding hydrogens is 367 g/mol. The van der Waals surface area contributed by atoms with Gasteiger partial charge >= 0.3 is 17.8 Å². The Morgan fingerprint density at radius 3 is 2.52 bits per heavy atom. The fourth-order valence-corrected chi connectivity index (χ4v) is 2.81. The molecule has 1 aliphatic carbocycles. The van der Waals surface area contributed by atoms with Crippen molar-refractivity contribution in [2.45, 2.75) is 25.4 Å². The van der Waals surface area contributed by atoms with Crippen molar-refractivity contribution in [3.05, 3.63) is 46.0 Å². The summed E-state index contributed by atoms with van der Waals surface area (Å²) in [6.45, 7) is 0. The van der Waals surface area contributed by atoms with Crippen LogP contribution in [0.3, 0.4) is 0 Å². The second-order valence-electron chi connectivity index (χ2n) is 5.86. The molecule has 0 unspecified atom stereocenters. The molecule has 0 spiro atoms. The summed E-state index contributed by atoms with van der Waals surface area (Å²) in [6, 6.07) is 3.94. The van der Waals surface area contributed by atoms with Gasteiger partial charge in [-0.2, -0.15) is 18.2 Å². The lowest BCUT2D eigenvalue weighted by molar-refractivity contribution is -0.167. The largest absolute Gasteiger partial charge is 0.471 e. The van der Waals surface area contributed by atoms with Crippen molar-refractivity contribution in [2.75, 3.05) is 16.5 Å². The van der Waals surface area contributed by atoms with Crippen LogP contribution in [0.5, 0.6) is 0 Å². The molecule has 142 valence electrons. The molecule has 0 saturated carbocycles. The van der Waals surface area contributed by atoms with Crippen molar-refractivity contribution >= 4 is 28.9 Å². The van der Waals surface area contributed by atoms with Crippen LogP contribution in [0.2, 0.25) is 0 Å². The molecule has 0 saturated heterocycles. The first-order valence-electron chi connectivity index (χ1n) is 7.86. The minimum absolute atomic E-state index is 0.000281. The number of fused-ring (bicyclic) bond motifs is 1. The number of rotatable bonds is 3. The maximum absolute atomic E-state index is 12.5. The SMILES string of the molecule is Nc1ccn(Nc2ccc(NC(=O)C(F)(F)F)c3c2CCCC3=O)c(=O)n1. The monoisotopic (exact) mass is 381 g/mol. The molecule has 27 heavy (non-hydrogen) atoms. The Morgan fingerprint density at radius 2 is 1.85 bits per heavy atom. The summed E-state index contributed by atoms with van der Waals surface area (Å²) in [7, 11) is 0. The van der Waals surface area contributed by atoms with Gasteiger partial charge < -0.3 is 11.1 Å². The van der Waals surface area contributed by atoms with E-state index >= 15 is 0 Å². The Bertz CT molecular complexity index is 984. The van der Waals surface area contributed by atoms with Gasteiger partial charge in [-0.25, -0.2) is 9.47 Å². The van der Waals surface area contributed by atoms with Gasteiger partial charge in [0.25, 0.3) is 0 Å². The number of carbonyl (C=O) groups is 2. The van der Waals surface area contributed by atoms with Crippen LogP contribution in [0.25, 0.3) is 0 Å². The highest BCUT2D eigenvalue weighted by Gasteiger charge is 2.39. The van der Waals surface area contributed by atoms with E-state index in [1.165, 1.54) is 24.4 Å². The average molecular weight is 381 g/mol. The highest BCUT2D eigenvalue weighted by molar-refractivity contribution is 6.08. The number of ketones is 1. The maximum atomic E-state index is 12.5. The number of nitrogens with two attached hydrogens (primary N) is 1. The Labute approximate surface area is 150 Å². The summed E-state index contributed by atoms with van der Waals surface area (Å²) < 4.78 is 38.7. The summed E-state index contributed by atoms with van der Waals surface area (Å²) in [5, 5.41) is 1.74. The van der Waals surface area contributed by atoms with Gasteiger partial charge in [-0.1, -0.05) is 0 Å². The van der Waals surface area contributed by atoms with Gasteiger partial charge in [0.15, 0.2) is 5.78 Å². The summed E-state index contributed by atoms with van der Waals surface area (Å²) in [6.07, 6.45) is -2.72. The van der Waals surface area contributed by atoms with Gasteiger partial charge in [-0.05, 0) is 36.6 Å². The lowest BCUT2D eigenvalue weighted by Gasteiger charge is -2.23. The average Bonchev–Trinajstić information content (AvgIpc) is 2.58. The second-order valence-corrected chi connectivity index (χ2v) is 5.86. The number of nitrogens with zero attached hydrogens (tertiary/aromatic N) is 2. The first-order valence-corrected chi connectivity index (χ1v) is 7.86. The van der Waals surface area contributed by atoms with E-state index in [4.69, 9.17) is 5.73 Å². The smallest absolute Gasteiger partial charge is 0.383 e. The zero-order valence-corrected chi connectivity index (χ0v) is 13.8. The second kappa shape index (κ2) is 6.74. The van der Waals surface area contributed by atoms with Crippen molar-refractivity contribution in [1.82, 2.24) is 9.66 Å². The van der Waals surface area contributed by atoms with Gasteiger partial charge in [0, 0.05) is 18.2 Å². The number of carbonyl (C=O) groups excluding carboxylic acids is 2. The van der Waals surface area contributed by atoms with Crippen LogP contribution in [0, 0.1) is 0 Å². The molecular formula is C16H14F3N5O3. The third-order valence-electron chi connectivity index (χ3n) is 3.99. The first-order chi connectivity index (χ1) is 12.7. The normalized spacial score (nSPS) is 13.8. The van der Waals surface area contributed by atoms with Crippen LogP contribution in [0.15, 0.2) is 29.2 Å². The third kappa shape index (κ3) is 3.76. The minimum atomic E-state index is -5.08. The molecule has 1 amide bonds. The number of nitrogen functional groups attached to an aromatic ring is 1. The Balaban J connectivity index is 2.02. The van der Waals surface area contributed by atoms with Crippen LogP contribution in [0.1, 0.15) is 28.8 Å². The first kappa shape index (κ1) is 18.4. The van der Waals surface area contributed by atoms with Gasteiger partial charge in [0.05, 0.1) is 11.4 Å². The molecule has 0 bridgehead atoms. The molecule has 3 rings (SSSR count). The molecule has 11 heteroatoms. The van der Waals surface area contributed by atoms with E-state index < -0.39 is 17.8 Å². The quantitative estimate of drug-likeness (QED) is 0.745. The molecule has 1 heterocycles. The summed E-state index contributed by atoms with van der Waals surface area (Å²) in [5.74, 6) is -2.52. The van der Waals surface area contributed by atoms with E-state index in [1.807, 2.05) is 0 Å². The molecule has 1 aromatic heterocycles. The van der Waals surface area contributed by atoms with Crippen molar-refractivity contribution in [3.63, 3.8) is 0 Å². The number of hydrogen-bond acceptors (Lipinski definition) is 6. The summed E-state index contributed by atoms with van der Waals surface area (Å²) >= 11 is 0. The van der Waals surface area contributed by atoms with Gasteiger partial charge in [-0.15, -0.1) is 0 Å². The zero-order valence-electron chi connectivity index (χ0n) is 13.8. The molecule has 0 aliphatic heterocycles. The fourth-order valence-electron chi connectivity index (χ4n) is 2.81. The van der Waals surface area contributed by atoms with E-state index in [-0.39, 0.29) is 29.3 Å². The zero-order chi connectivity index (χ0) is 19.8. The lowest BCUT2D eigenvalue weighted by Crippen LogP contribution is -2.32. The number of halogens is 3. The van der Waals surface area contributed by atoms with E-state index in [2.05, 4.69) is 10.4 Å². The Kier molecular flexibility index (Phi) is 4.60. The number of hydrogen-bond donors (Lipinski definition) is 3. The standard InChI is InChI=1S/C16H14F3N5O3/c17-16(18,19)14(26)21-10-5-4-9(8-2-1-3-11(25)13(8)10)23-24-7-6-12(20)22-15(24)27/h4-7,23H,1-3H2,(H,21,26)(H2,20,22,27). The Hall–Kier alpha value is -3.37. The molecule has 4 N–H and O–H groups in total. The predicted molar refractivity (Wildman–Crippen MR) is 90.3 cm³/mol. The molecule has 8 nitrogen and oxygen atoms in total. The summed E-state index contributed by atoms with van der Waals surface area (Å²) in [5.41, 5.74) is 8.03. The van der Waals surface area contributed by atoms with Crippen molar-refractivity contribution in [2.24, 2.45) is 0 Å². The van der Waals surface area contributed by atoms with E-state index in [0.29, 0.717) is 24.1 Å². The number of aromatic nitrogens is 2. The van der Waals surface area contributed by atoms with E-state index in [9.17, 15) is 27.6 Å². The fraction of sp³-hybridized carbons (Fsp3) is 0.250. The molecule has 0 fully saturated rings. The molecule has 1 aliphatic rings. The highest BCUT2D eigenvalue weighted by atomic mass is 19.4. The Morgan fingerprint density at radius 1 is 1.15 bits per heavy atom. The highest BCUT2D eigenvalue weighted by Crippen LogP contribution is 2.34. The topological polar surface area (TPSA) is 119 Å². The number of nitrogens with one attached hydrogen (secondary N) is 2. The van der Waals surface area contributed by atoms with Crippen LogP contribution in [0.4, 0.5) is 30.4 Å². The lowest BCUT2D eigenvalue weighted by atomic mass is 9.88. The van der Waals surface area contributed by atoms with Crippen molar-refractivity contribution in [1.29, 1.82) is 0 Å². The van der Waals surface area contributed by atoms with Gasteiger partial charge in [-0.3, -0.25) is 15.0 Å². The minimum Gasteiger partial charge on any atom is -0.383 e. The van der Waals surface area contributed by atoms with Crippen LogP contribution < -0.4 is 22.2 Å². The van der Waals surface area contributed by atoms with Crippen LogP contribution in [-0.4, -0.2) is 27.5 Å². The third-order valence-corrected chi connectivity index (χ3v) is 3.99. The molecule has 1 aromatic carbocycles. The predicted octanol–water partition coefficient (Wildman–Crippen LogP) is 1.72. The number of anilines is 3. The van der Waals surface area contributed by atoms with E-state index in [1.54, 1.807) is 5.32 Å². The van der Waals surface area contributed by atoms with Gasteiger partial charge in [0.2, 0.25) is 0 Å². The van der Waals surface area contributed by atoms with Crippen molar-refractivity contribution in [3.8, 4) is 0 Å². The summed E-state index contributed by atoms with van der Waals surface area (Å²) in [4.78, 5) is 39.0. The number of benzene rings is 1. The van der Waals surface area contributed by atoms with E-state index in [0.717, 1.165) is 4.68 Å². The van der Waals surface area contributed by atoms with Crippen LogP contribution in [-0.2, 0) is 11.2 Å². The van der Waals surface area contributed by atoms with Crippen LogP contribution >= 0.6 is 0 Å². The van der Waals surface area contributed by atoms with Gasteiger partial charge in [0.1, 0.15) is 5.82 Å². The number of alkyl halides is 3. The number of amides is 1. The molecule has 0 radical (unpaired) electrons. The molecule has 2 aromatic rings. The number of Topliss-reactive ketones (excluding diaryl/α,β-unsaturated/α-hetero) is 1. The maximum Gasteiger partial charge on any atom is 0.471 e. The molecule has 0 atom stereocenters. The van der Waals surface area contributed by atoms with Crippen molar-refractivity contribution < 1.29 is 22.8 Å².